The van der Waals surface area contributed by atoms with Gasteiger partial charge in [-0.25, -0.2) is 4.90 Å². The lowest BCUT2D eigenvalue weighted by atomic mass is 10.1. The van der Waals surface area contributed by atoms with Gasteiger partial charge in [-0.2, -0.15) is 13.2 Å². The van der Waals surface area contributed by atoms with E-state index in [1.807, 2.05) is 0 Å². The lowest BCUT2D eigenvalue weighted by Crippen LogP contribution is -2.29. The number of hydrogen-bond donors (Lipinski definition) is 0. The number of fused-ring (bicyclic) bond motifs is 1. The summed E-state index contributed by atoms with van der Waals surface area (Å²) in [4.78, 5) is 25.7. The minimum atomic E-state index is -4.64. The number of carbonyl (C=O) groups is 2. The van der Waals surface area contributed by atoms with Gasteiger partial charge in [-0.1, -0.05) is 12.1 Å². The van der Waals surface area contributed by atoms with Gasteiger partial charge in [0, 0.05) is 6.07 Å². The number of carbonyl (C=O) groups excluding carboxylic acids is 2. The normalized spacial score (nSPS) is 14.2. The first kappa shape index (κ1) is 17.0. The van der Waals surface area contributed by atoms with Crippen molar-refractivity contribution in [1.29, 1.82) is 0 Å². The molecule has 7 heteroatoms. The summed E-state index contributed by atoms with van der Waals surface area (Å²) in [6.45, 7) is 3.34. The topological polar surface area (TPSA) is 46.6 Å². The van der Waals surface area contributed by atoms with Crippen molar-refractivity contribution in [3.8, 4) is 5.75 Å². The second-order valence-corrected chi connectivity index (χ2v) is 5.87. The van der Waals surface area contributed by atoms with Gasteiger partial charge in [-0.15, -0.1) is 0 Å². The molecule has 130 valence electrons. The van der Waals surface area contributed by atoms with Crippen molar-refractivity contribution < 1.29 is 27.5 Å². The zero-order valence-electron chi connectivity index (χ0n) is 13.4. The van der Waals surface area contributed by atoms with Gasteiger partial charge in [-0.3, -0.25) is 9.59 Å². The summed E-state index contributed by atoms with van der Waals surface area (Å²) >= 11 is 0. The number of nitrogens with zero attached hydrogens (tertiary/aromatic N) is 1. The Labute approximate surface area is 141 Å². The van der Waals surface area contributed by atoms with E-state index in [1.165, 1.54) is 18.2 Å². The molecule has 0 aromatic heterocycles. The average Bonchev–Trinajstić information content (AvgIpc) is 2.77. The van der Waals surface area contributed by atoms with Crippen LogP contribution in [-0.2, 0) is 6.18 Å². The van der Waals surface area contributed by atoms with Gasteiger partial charge in [0.15, 0.2) is 0 Å². The minimum Gasteiger partial charge on any atom is -0.491 e. The van der Waals surface area contributed by atoms with E-state index < -0.39 is 23.6 Å². The molecule has 1 heterocycles. The molecule has 4 nitrogen and oxygen atoms in total. The molecular formula is C18H14F3NO3. The van der Waals surface area contributed by atoms with Crippen molar-refractivity contribution in [2.75, 3.05) is 4.90 Å². The molecule has 0 fully saturated rings. The fourth-order valence-electron chi connectivity index (χ4n) is 2.64. The van der Waals surface area contributed by atoms with Crippen molar-refractivity contribution in [3.05, 3.63) is 59.2 Å². The first-order chi connectivity index (χ1) is 11.7. The highest BCUT2D eigenvalue weighted by atomic mass is 19.4. The first-order valence-electron chi connectivity index (χ1n) is 7.55. The largest absolute Gasteiger partial charge is 0.491 e. The molecule has 2 amide bonds. The van der Waals surface area contributed by atoms with Crippen LogP contribution in [0.4, 0.5) is 18.9 Å². The van der Waals surface area contributed by atoms with Crippen LogP contribution in [0.5, 0.6) is 5.75 Å². The number of rotatable bonds is 3. The van der Waals surface area contributed by atoms with Crippen LogP contribution in [0.15, 0.2) is 42.5 Å². The Kier molecular flexibility index (Phi) is 4.02. The number of alkyl halides is 3. The van der Waals surface area contributed by atoms with Gasteiger partial charge < -0.3 is 4.74 Å². The summed E-state index contributed by atoms with van der Waals surface area (Å²) in [5, 5.41) is 0. The smallest absolute Gasteiger partial charge is 0.416 e. The zero-order valence-corrected chi connectivity index (χ0v) is 13.4. The number of halogens is 3. The van der Waals surface area contributed by atoms with Crippen LogP contribution in [0.2, 0.25) is 0 Å². The van der Waals surface area contributed by atoms with E-state index in [4.69, 9.17) is 4.74 Å². The van der Waals surface area contributed by atoms with Gasteiger partial charge in [-0.05, 0) is 38.1 Å². The Morgan fingerprint density at radius 2 is 1.52 bits per heavy atom. The predicted octanol–water partition coefficient (Wildman–Crippen LogP) is 4.29. The number of imide groups is 1. The molecule has 1 aliphatic heterocycles. The molecule has 0 radical (unpaired) electrons. The van der Waals surface area contributed by atoms with Gasteiger partial charge in [0.1, 0.15) is 5.75 Å². The van der Waals surface area contributed by atoms with E-state index in [0.717, 1.165) is 17.0 Å². The molecular weight excluding hydrogens is 335 g/mol. The van der Waals surface area contributed by atoms with Gasteiger partial charge in [0.2, 0.25) is 0 Å². The molecule has 1 aliphatic rings. The molecule has 0 saturated carbocycles. The Morgan fingerprint density at radius 3 is 2.00 bits per heavy atom. The van der Waals surface area contributed by atoms with Gasteiger partial charge >= 0.3 is 6.18 Å². The van der Waals surface area contributed by atoms with Crippen molar-refractivity contribution in [2.45, 2.75) is 26.1 Å². The maximum atomic E-state index is 13.2. The van der Waals surface area contributed by atoms with Crippen molar-refractivity contribution in [3.63, 3.8) is 0 Å². The van der Waals surface area contributed by atoms with Crippen LogP contribution in [0.25, 0.3) is 0 Å². The van der Waals surface area contributed by atoms with Crippen LogP contribution >= 0.6 is 0 Å². The average molecular weight is 349 g/mol. The third-order valence-corrected chi connectivity index (χ3v) is 3.64. The van der Waals surface area contributed by atoms with Crippen LogP contribution in [0.1, 0.15) is 40.1 Å². The second kappa shape index (κ2) is 5.91. The third-order valence-electron chi connectivity index (χ3n) is 3.64. The summed E-state index contributed by atoms with van der Waals surface area (Å²) < 4.78 is 44.9. The number of amides is 2. The van der Waals surface area contributed by atoms with Gasteiger partial charge in [0.05, 0.1) is 28.5 Å². The van der Waals surface area contributed by atoms with Crippen LogP contribution in [0.3, 0.4) is 0 Å². The molecule has 2 aromatic rings. The summed E-state index contributed by atoms with van der Waals surface area (Å²) in [6.07, 6.45) is -5.00. The standard InChI is InChI=1S/C18H14F3NO3/c1-10(2)25-13-8-11(18(19,20)21)7-12(9-13)22-16(23)14-5-3-4-6-15(14)17(22)24/h3-10H,1-2H3. The Balaban J connectivity index is 2.11. The van der Waals surface area contributed by atoms with Crippen LogP contribution in [0, 0.1) is 0 Å². The third kappa shape index (κ3) is 3.09. The maximum Gasteiger partial charge on any atom is 0.416 e. The van der Waals surface area contributed by atoms with E-state index in [0.29, 0.717) is 0 Å². The fourth-order valence-corrected chi connectivity index (χ4v) is 2.64. The molecule has 0 atom stereocenters. The Hall–Kier alpha value is -2.83. The number of anilines is 1. The maximum absolute atomic E-state index is 13.2. The van der Waals surface area contributed by atoms with E-state index in [9.17, 15) is 22.8 Å². The molecule has 2 aromatic carbocycles. The van der Waals surface area contributed by atoms with Crippen molar-refractivity contribution in [2.24, 2.45) is 0 Å². The van der Waals surface area contributed by atoms with Gasteiger partial charge in [0.25, 0.3) is 11.8 Å². The number of hydrogen-bond acceptors (Lipinski definition) is 3. The summed E-state index contributed by atoms with van der Waals surface area (Å²) in [6, 6.07) is 9.00. The lowest BCUT2D eigenvalue weighted by molar-refractivity contribution is -0.137. The first-order valence-corrected chi connectivity index (χ1v) is 7.55. The van der Waals surface area contributed by atoms with Crippen LogP contribution in [-0.4, -0.2) is 17.9 Å². The summed E-state index contributed by atoms with van der Waals surface area (Å²) in [5.74, 6) is -1.37. The summed E-state index contributed by atoms with van der Waals surface area (Å²) in [5.41, 5.74) is -0.832. The number of benzene rings is 2. The zero-order chi connectivity index (χ0) is 18.4. The second-order valence-electron chi connectivity index (χ2n) is 5.87. The fraction of sp³-hybridized carbons (Fsp3) is 0.222. The van der Waals surface area contributed by atoms with Crippen LogP contribution < -0.4 is 9.64 Å². The Morgan fingerprint density at radius 1 is 0.960 bits per heavy atom. The van der Waals surface area contributed by atoms with Crippen molar-refractivity contribution >= 4 is 17.5 Å². The van der Waals surface area contributed by atoms with E-state index in [1.54, 1.807) is 26.0 Å². The highest BCUT2D eigenvalue weighted by Gasteiger charge is 2.38. The van der Waals surface area contributed by atoms with Crippen molar-refractivity contribution in [1.82, 2.24) is 0 Å². The molecule has 0 bridgehead atoms. The monoisotopic (exact) mass is 349 g/mol. The Bertz CT molecular complexity index is 824. The molecule has 0 spiro atoms. The lowest BCUT2D eigenvalue weighted by Gasteiger charge is -2.19. The summed E-state index contributed by atoms with van der Waals surface area (Å²) in [7, 11) is 0. The SMILES string of the molecule is CC(C)Oc1cc(N2C(=O)c3ccccc3C2=O)cc(C(F)(F)F)c1. The molecule has 3 rings (SSSR count). The quantitative estimate of drug-likeness (QED) is 0.777. The molecule has 0 N–H and O–H groups in total. The molecule has 25 heavy (non-hydrogen) atoms. The minimum absolute atomic E-state index is 0.0589. The van der Waals surface area contributed by atoms with E-state index in [2.05, 4.69) is 0 Å². The molecule has 0 aliphatic carbocycles. The molecule has 0 saturated heterocycles. The predicted molar refractivity (Wildman–Crippen MR) is 84.8 cm³/mol. The molecule has 0 unspecified atom stereocenters. The highest BCUT2D eigenvalue weighted by Crippen LogP contribution is 2.37. The van der Waals surface area contributed by atoms with E-state index in [-0.39, 0.29) is 28.7 Å². The number of ether oxygens (including phenoxy) is 1. The highest BCUT2D eigenvalue weighted by molar-refractivity contribution is 6.34. The van der Waals surface area contributed by atoms with E-state index >= 15 is 0 Å².